The lowest BCUT2D eigenvalue weighted by atomic mass is 10.1. The van der Waals surface area contributed by atoms with Gasteiger partial charge in [-0.2, -0.15) is 0 Å². The highest BCUT2D eigenvalue weighted by Gasteiger charge is 2.19. The van der Waals surface area contributed by atoms with Crippen molar-refractivity contribution in [1.82, 2.24) is 20.1 Å². The van der Waals surface area contributed by atoms with Crippen LogP contribution < -0.4 is 16.2 Å². The minimum atomic E-state index is -0.205. The summed E-state index contributed by atoms with van der Waals surface area (Å²) in [6.07, 6.45) is 0. The van der Waals surface area contributed by atoms with E-state index in [0.717, 1.165) is 43.9 Å². The van der Waals surface area contributed by atoms with Crippen LogP contribution in [0.5, 0.6) is 0 Å². The molecule has 2 heterocycles. The molecule has 0 saturated carbocycles. The van der Waals surface area contributed by atoms with Crippen molar-refractivity contribution in [3.8, 4) is 11.3 Å². The highest BCUT2D eigenvalue weighted by Crippen LogP contribution is 2.14. The number of aromatic nitrogens is 3. The SMILES string of the molecule is Cc1ccc(-c2nnc(N3CCN(CCN)CC3)[nH]c2=O)cc1. The predicted octanol–water partition coefficient (Wildman–Crippen LogP) is 0.221. The van der Waals surface area contributed by atoms with Crippen molar-refractivity contribution in [3.05, 3.63) is 40.2 Å². The Balaban J connectivity index is 1.75. The topological polar surface area (TPSA) is 91.1 Å². The van der Waals surface area contributed by atoms with E-state index in [1.165, 1.54) is 0 Å². The normalized spacial score (nSPS) is 15.8. The molecule has 0 aliphatic carbocycles. The van der Waals surface area contributed by atoms with E-state index >= 15 is 0 Å². The average molecular weight is 314 g/mol. The molecular formula is C16H22N6O. The molecule has 1 aliphatic heterocycles. The van der Waals surface area contributed by atoms with Gasteiger partial charge in [-0.3, -0.25) is 14.7 Å². The number of benzene rings is 1. The monoisotopic (exact) mass is 314 g/mol. The second-order valence-electron chi connectivity index (χ2n) is 5.81. The number of nitrogens with two attached hydrogens (primary N) is 1. The summed E-state index contributed by atoms with van der Waals surface area (Å²) in [4.78, 5) is 19.5. The standard InChI is InChI=1S/C16H22N6O/c1-12-2-4-13(5-3-12)14-15(23)18-16(20-19-14)22-10-8-21(7-6-17)9-11-22/h2-5H,6-11,17H2,1H3,(H,18,20,23). The maximum absolute atomic E-state index is 12.3. The van der Waals surface area contributed by atoms with E-state index in [0.29, 0.717) is 18.2 Å². The number of rotatable bonds is 4. The number of aryl methyl sites for hydroxylation is 1. The molecule has 1 aromatic carbocycles. The summed E-state index contributed by atoms with van der Waals surface area (Å²) in [5.41, 5.74) is 7.66. The predicted molar refractivity (Wildman–Crippen MR) is 90.5 cm³/mol. The Hall–Kier alpha value is -2.25. The largest absolute Gasteiger partial charge is 0.338 e. The molecule has 0 bridgehead atoms. The molecule has 2 aromatic rings. The molecule has 0 spiro atoms. The molecule has 1 saturated heterocycles. The van der Waals surface area contributed by atoms with Gasteiger partial charge in [0.25, 0.3) is 5.56 Å². The zero-order valence-electron chi connectivity index (χ0n) is 13.3. The molecule has 0 atom stereocenters. The number of aromatic amines is 1. The number of piperazine rings is 1. The first kappa shape index (κ1) is 15.6. The second kappa shape index (κ2) is 6.89. The van der Waals surface area contributed by atoms with Crippen LogP contribution in [0.3, 0.4) is 0 Å². The first-order valence-electron chi connectivity index (χ1n) is 7.89. The van der Waals surface area contributed by atoms with Gasteiger partial charge in [0.2, 0.25) is 5.95 Å². The van der Waals surface area contributed by atoms with Gasteiger partial charge in [-0.25, -0.2) is 0 Å². The number of H-pyrrole nitrogens is 1. The van der Waals surface area contributed by atoms with Crippen LogP contribution in [0.15, 0.2) is 29.1 Å². The van der Waals surface area contributed by atoms with Crippen molar-refractivity contribution in [3.63, 3.8) is 0 Å². The zero-order chi connectivity index (χ0) is 16.2. The third-order valence-electron chi connectivity index (χ3n) is 4.13. The highest BCUT2D eigenvalue weighted by molar-refractivity contribution is 5.58. The molecule has 1 fully saturated rings. The second-order valence-corrected chi connectivity index (χ2v) is 5.81. The summed E-state index contributed by atoms with van der Waals surface area (Å²) in [6.45, 7) is 7.04. The lowest BCUT2D eigenvalue weighted by Gasteiger charge is -2.34. The van der Waals surface area contributed by atoms with Crippen LogP contribution in [-0.4, -0.2) is 59.3 Å². The Morgan fingerprint density at radius 3 is 2.43 bits per heavy atom. The van der Waals surface area contributed by atoms with Gasteiger partial charge in [0.05, 0.1) is 0 Å². The van der Waals surface area contributed by atoms with Crippen LogP contribution in [0.4, 0.5) is 5.95 Å². The Morgan fingerprint density at radius 1 is 1.13 bits per heavy atom. The summed E-state index contributed by atoms with van der Waals surface area (Å²) in [7, 11) is 0. The molecule has 122 valence electrons. The van der Waals surface area contributed by atoms with Crippen LogP contribution in [0, 0.1) is 6.92 Å². The highest BCUT2D eigenvalue weighted by atomic mass is 16.1. The number of hydrogen-bond donors (Lipinski definition) is 2. The van der Waals surface area contributed by atoms with E-state index in [9.17, 15) is 4.79 Å². The minimum absolute atomic E-state index is 0.205. The maximum atomic E-state index is 12.3. The molecule has 0 radical (unpaired) electrons. The van der Waals surface area contributed by atoms with E-state index < -0.39 is 0 Å². The number of nitrogens with one attached hydrogen (secondary N) is 1. The maximum Gasteiger partial charge on any atom is 0.279 e. The van der Waals surface area contributed by atoms with Gasteiger partial charge in [0.15, 0.2) is 5.69 Å². The van der Waals surface area contributed by atoms with Gasteiger partial charge in [-0.15, -0.1) is 10.2 Å². The van der Waals surface area contributed by atoms with Gasteiger partial charge < -0.3 is 10.6 Å². The molecule has 3 rings (SSSR count). The van der Waals surface area contributed by atoms with Crippen LogP contribution in [0.25, 0.3) is 11.3 Å². The van der Waals surface area contributed by atoms with Crippen molar-refractivity contribution >= 4 is 5.95 Å². The third-order valence-corrected chi connectivity index (χ3v) is 4.13. The van der Waals surface area contributed by atoms with E-state index in [4.69, 9.17) is 5.73 Å². The fourth-order valence-electron chi connectivity index (χ4n) is 2.74. The van der Waals surface area contributed by atoms with Gasteiger partial charge >= 0.3 is 0 Å². The summed E-state index contributed by atoms with van der Waals surface area (Å²) < 4.78 is 0. The van der Waals surface area contributed by atoms with Crippen molar-refractivity contribution in [2.75, 3.05) is 44.2 Å². The van der Waals surface area contributed by atoms with Crippen LogP contribution in [0.1, 0.15) is 5.56 Å². The van der Waals surface area contributed by atoms with E-state index in [1.807, 2.05) is 31.2 Å². The van der Waals surface area contributed by atoms with Crippen molar-refractivity contribution in [2.24, 2.45) is 5.73 Å². The molecule has 7 heteroatoms. The lowest BCUT2D eigenvalue weighted by molar-refractivity contribution is 0.263. The Bertz CT molecular complexity index is 703. The smallest absolute Gasteiger partial charge is 0.279 e. The lowest BCUT2D eigenvalue weighted by Crippen LogP contribution is -2.48. The van der Waals surface area contributed by atoms with Crippen LogP contribution in [0.2, 0.25) is 0 Å². The molecule has 3 N–H and O–H groups in total. The molecule has 23 heavy (non-hydrogen) atoms. The molecule has 1 aliphatic rings. The summed E-state index contributed by atoms with van der Waals surface area (Å²) in [6, 6.07) is 7.70. The van der Waals surface area contributed by atoms with Crippen molar-refractivity contribution < 1.29 is 0 Å². The summed E-state index contributed by atoms with van der Waals surface area (Å²) in [5, 5.41) is 8.35. The minimum Gasteiger partial charge on any atom is -0.338 e. The number of nitrogens with zero attached hydrogens (tertiary/aromatic N) is 4. The fraction of sp³-hybridized carbons (Fsp3) is 0.438. The average Bonchev–Trinajstić information content (AvgIpc) is 2.57. The Labute approximate surface area is 135 Å². The third kappa shape index (κ3) is 3.57. The molecule has 0 amide bonds. The van der Waals surface area contributed by atoms with E-state index in [2.05, 4.69) is 25.0 Å². The summed E-state index contributed by atoms with van der Waals surface area (Å²) in [5.74, 6) is 0.540. The zero-order valence-corrected chi connectivity index (χ0v) is 13.3. The Morgan fingerprint density at radius 2 is 1.83 bits per heavy atom. The number of anilines is 1. The molecule has 7 nitrogen and oxygen atoms in total. The van der Waals surface area contributed by atoms with Crippen LogP contribution >= 0.6 is 0 Å². The van der Waals surface area contributed by atoms with Gasteiger partial charge in [0, 0.05) is 44.8 Å². The van der Waals surface area contributed by atoms with Crippen molar-refractivity contribution in [2.45, 2.75) is 6.92 Å². The number of hydrogen-bond acceptors (Lipinski definition) is 6. The van der Waals surface area contributed by atoms with Crippen molar-refractivity contribution in [1.29, 1.82) is 0 Å². The van der Waals surface area contributed by atoms with Gasteiger partial charge in [0.1, 0.15) is 0 Å². The fourth-order valence-corrected chi connectivity index (χ4v) is 2.74. The molecular weight excluding hydrogens is 292 g/mol. The quantitative estimate of drug-likeness (QED) is 0.839. The summed E-state index contributed by atoms with van der Waals surface area (Å²) >= 11 is 0. The molecule has 1 aromatic heterocycles. The Kier molecular flexibility index (Phi) is 4.68. The first-order chi connectivity index (χ1) is 11.2. The van der Waals surface area contributed by atoms with Gasteiger partial charge in [-0.1, -0.05) is 29.8 Å². The van der Waals surface area contributed by atoms with Crippen LogP contribution in [-0.2, 0) is 0 Å². The van der Waals surface area contributed by atoms with E-state index in [-0.39, 0.29) is 5.56 Å². The van der Waals surface area contributed by atoms with Gasteiger partial charge in [-0.05, 0) is 6.92 Å². The first-order valence-corrected chi connectivity index (χ1v) is 7.89. The molecule has 0 unspecified atom stereocenters. The van der Waals surface area contributed by atoms with E-state index in [1.54, 1.807) is 0 Å².